The third kappa shape index (κ3) is 2.71. The van der Waals surface area contributed by atoms with E-state index in [9.17, 15) is 28.1 Å². The van der Waals surface area contributed by atoms with E-state index in [-0.39, 0.29) is 0 Å². The summed E-state index contributed by atoms with van der Waals surface area (Å²) in [6.07, 6.45) is -1.71. The van der Waals surface area contributed by atoms with Crippen molar-refractivity contribution in [1.29, 1.82) is 0 Å². The topological polar surface area (TPSA) is 80.4 Å². The van der Waals surface area contributed by atoms with E-state index >= 15 is 0 Å². The lowest BCUT2D eigenvalue weighted by Crippen LogP contribution is -2.21. The molecule has 0 aliphatic rings. The predicted octanol–water partition coefficient (Wildman–Crippen LogP) is 2.30. The van der Waals surface area contributed by atoms with E-state index in [1.807, 2.05) is 0 Å². The summed E-state index contributed by atoms with van der Waals surface area (Å²) >= 11 is 0. The van der Waals surface area contributed by atoms with Crippen LogP contribution in [0.2, 0.25) is 0 Å². The molecule has 0 atom stereocenters. The van der Waals surface area contributed by atoms with Crippen molar-refractivity contribution >= 4 is 11.7 Å². The molecule has 0 radical (unpaired) electrons. The van der Waals surface area contributed by atoms with Crippen molar-refractivity contribution in [1.82, 2.24) is 0 Å². The van der Waals surface area contributed by atoms with Gasteiger partial charge in [-0.25, -0.2) is 13.2 Å². The highest BCUT2D eigenvalue weighted by atomic mass is 19.3. The minimum Gasteiger partial charge on any atom is -0.481 e. The first kappa shape index (κ1) is 12.9. The van der Waals surface area contributed by atoms with Gasteiger partial charge in [0, 0.05) is 6.07 Å². The van der Waals surface area contributed by atoms with E-state index in [2.05, 4.69) is 0 Å². The van der Waals surface area contributed by atoms with Gasteiger partial charge in [0.05, 0.1) is 4.92 Å². The zero-order valence-electron chi connectivity index (χ0n) is 8.19. The lowest BCUT2D eigenvalue weighted by molar-refractivity contribution is -0.387. The van der Waals surface area contributed by atoms with Crippen LogP contribution in [0, 0.1) is 15.9 Å². The number of alkyl halides is 2. The molecule has 0 bridgehead atoms. The van der Waals surface area contributed by atoms with Crippen LogP contribution in [0.15, 0.2) is 18.2 Å². The molecule has 5 nitrogen and oxygen atoms in total. The van der Waals surface area contributed by atoms with E-state index < -0.39 is 40.3 Å². The molecule has 1 rings (SSSR count). The monoisotopic (exact) mass is 249 g/mol. The number of rotatable bonds is 4. The fourth-order valence-electron chi connectivity index (χ4n) is 1.31. The number of carboxylic acids is 1. The Morgan fingerprint density at radius 1 is 1.47 bits per heavy atom. The Morgan fingerprint density at radius 2 is 2.06 bits per heavy atom. The van der Waals surface area contributed by atoms with Crippen molar-refractivity contribution in [3.05, 3.63) is 39.7 Å². The van der Waals surface area contributed by atoms with Crippen molar-refractivity contribution in [2.45, 2.75) is 12.3 Å². The molecular formula is C9H6F3NO4. The number of nitrogens with zero attached hydrogens (tertiary/aromatic N) is 1. The van der Waals surface area contributed by atoms with Crippen LogP contribution in [-0.2, 0) is 10.7 Å². The number of hydrogen-bond donors (Lipinski definition) is 1. The number of carboxylic acid groups (broad SMARTS) is 1. The zero-order chi connectivity index (χ0) is 13.2. The Labute approximate surface area is 92.6 Å². The molecule has 0 heterocycles. The SMILES string of the molecule is O=C(O)CC(F)(F)c1c(F)cccc1[N+](=O)[O-]. The fourth-order valence-corrected chi connectivity index (χ4v) is 1.31. The van der Waals surface area contributed by atoms with Crippen LogP contribution < -0.4 is 0 Å². The average molecular weight is 249 g/mol. The molecule has 17 heavy (non-hydrogen) atoms. The zero-order valence-corrected chi connectivity index (χ0v) is 8.19. The van der Waals surface area contributed by atoms with Crippen molar-refractivity contribution in [3.63, 3.8) is 0 Å². The Hall–Kier alpha value is -2.12. The predicted molar refractivity (Wildman–Crippen MR) is 49.2 cm³/mol. The molecule has 0 aromatic heterocycles. The van der Waals surface area contributed by atoms with E-state index in [1.165, 1.54) is 0 Å². The third-order valence-corrected chi connectivity index (χ3v) is 1.93. The normalized spacial score (nSPS) is 11.2. The second-order valence-corrected chi connectivity index (χ2v) is 3.17. The van der Waals surface area contributed by atoms with Crippen molar-refractivity contribution in [2.24, 2.45) is 0 Å². The van der Waals surface area contributed by atoms with E-state index in [4.69, 9.17) is 5.11 Å². The molecule has 0 aliphatic carbocycles. The molecule has 1 N–H and O–H groups in total. The summed E-state index contributed by atoms with van der Waals surface area (Å²) in [6, 6.07) is 2.19. The summed E-state index contributed by atoms with van der Waals surface area (Å²) in [4.78, 5) is 19.5. The quantitative estimate of drug-likeness (QED) is 0.655. The average Bonchev–Trinajstić information content (AvgIpc) is 2.14. The maximum Gasteiger partial charge on any atom is 0.309 e. The minimum atomic E-state index is -4.14. The van der Waals surface area contributed by atoms with E-state index in [1.54, 1.807) is 0 Å². The maximum atomic E-state index is 13.4. The van der Waals surface area contributed by atoms with Gasteiger partial charge in [0.1, 0.15) is 17.8 Å². The molecule has 92 valence electrons. The van der Waals surface area contributed by atoms with Gasteiger partial charge in [-0.05, 0) is 6.07 Å². The lowest BCUT2D eigenvalue weighted by Gasteiger charge is -2.14. The molecule has 0 amide bonds. The number of benzene rings is 1. The molecule has 1 aromatic rings. The second kappa shape index (κ2) is 4.40. The van der Waals surface area contributed by atoms with Crippen LogP contribution in [-0.4, -0.2) is 16.0 Å². The highest BCUT2D eigenvalue weighted by Crippen LogP contribution is 2.39. The number of carbonyl (C=O) groups is 1. The van der Waals surface area contributed by atoms with E-state index in [0.29, 0.717) is 12.1 Å². The molecule has 0 saturated heterocycles. The molecule has 0 unspecified atom stereocenters. The Morgan fingerprint density at radius 3 is 2.53 bits per heavy atom. The molecule has 0 fully saturated rings. The van der Waals surface area contributed by atoms with Gasteiger partial charge in [-0.3, -0.25) is 14.9 Å². The fraction of sp³-hybridized carbons (Fsp3) is 0.222. The van der Waals surface area contributed by atoms with Gasteiger partial charge in [-0.15, -0.1) is 0 Å². The molecule has 8 heteroatoms. The second-order valence-electron chi connectivity index (χ2n) is 3.17. The number of hydrogen-bond acceptors (Lipinski definition) is 3. The molecule has 1 aromatic carbocycles. The number of nitro benzene ring substituents is 1. The van der Waals surface area contributed by atoms with Gasteiger partial charge in [0.15, 0.2) is 0 Å². The largest absolute Gasteiger partial charge is 0.481 e. The van der Waals surface area contributed by atoms with Gasteiger partial charge in [-0.1, -0.05) is 6.07 Å². The summed E-state index contributed by atoms with van der Waals surface area (Å²) < 4.78 is 39.9. The first-order chi connectivity index (χ1) is 7.75. The van der Waals surface area contributed by atoms with Crippen LogP contribution >= 0.6 is 0 Å². The van der Waals surface area contributed by atoms with Gasteiger partial charge < -0.3 is 5.11 Å². The van der Waals surface area contributed by atoms with Crippen LogP contribution in [0.1, 0.15) is 12.0 Å². The Kier molecular flexibility index (Phi) is 3.35. The van der Waals surface area contributed by atoms with Gasteiger partial charge in [-0.2, -0.15) is 0 Å². The summed E-state index contributed by atoms with van der Waals surface area (Å²) in [6.45, 7) is 0. The van der Waals surface area contributed by atoms with Gasteiger partial charge in [0.2, 0.25) is 0 Å². The lowest BCUT2D eigenvalue weighted by atomic mass is 10.0. The van der Waals surface area contributed by atoms with Gasteiger partial charge >= 0.3 is 5.97 Å². The van der Waals surface area contributed by atoms with Crippen LogP contribution in [0.3, 0.4) is 0 Å². The standard InChI is InChI=1S/C9H6F3NO4/c10-5-2-1-3-6(13(16)17)8(5)9(11,12)4-7(14)15/h1-3H,4H2,(H,14,15). The summed E-state index contributed by atoms with van der Waals surface area (Å²) in [5.41, 5.74) is -2.65. The highest BCUT2D eigenvalue weighted by molar-refractivity contribution is 5.68. The number of aliphatic carboxylic acids is 1. The molecule has 0 spiro atoms. The summed E-state index contributed by atoms with van der Waals surface area (Å²) in [5.74, 6) is -7.53. The Bertz CT molecular complexity index is 475. The number of nitro groups is 1. The smallest absolute Gasteiger partial charge is 0.309 e. The molecular weight excluding hydrogens is 243 g/mol. The van der Waals surface area contributed by atoms with Crippen molar-refractivity contribution in [3.8, 4) is 0 Å². The van der Waals surface area contributed by atoms with Gasteiger partial charge in [0.25, 0.3) is 11.6 Å². The number of halogens is 3. The molecule has 0 aliphatic heterocycles. The summed E-state index contributed by atoms with van der Waals surface area (Å²) in [7, 11) is 0. The van der Waals surface area contributed by atoms with Crippen molar-refractivity contribution < 1.29 is 28.0 Å². The van der Waals surface area contributed by atoms with Crippen LogP contribution in [0.4, 0.5) is 18.9 Å². The Balaban J connectivity index is 3.38. The summed E-state index contributed by atoms with van der Waals surface area (Å²) in [5, 5.41) is 18.7. The first-order valence-electron chi connectivity index (χ1n) is 4.28. The third-order valence-electron chi connectivity index (χ3n) is 1.93. The molecule has 0 saturated carbocycles. The van der Waals surface area contributed by atoms with Crippen LogP contribution in [0.25, 0.3) is 0 Å². The van der Waals surface area contributed by atoms with E-state index in [0.717, 1.165) is 6.07 Å². The van der Waals surface area contributed by atoms with Crippen LogP contribution in [0.5, 0.6) is 0 Å². The maximum absolute atomic E-state index is 13.4. The highest BCUT2D eigenvalue weighted by Gasteiger charge is 2.43. The minimum absolute atomic E-state index is 0.609. The first-order valence-corrected chi connectivity index (χ1v) is 4.28. The van der Waals surface area contributed by atoms with Crippen molar-refractivity contribution in [2.75, 3.05) is 0 Å².